The zero-order valence-corrected chi connectivity index (χ0v) is 15.6. The number of aliphatic hydroxyl groups excluding tert-OH is 1. The van der Waals surface area contributed by atoms with E-state index in [4.69, 9.17) is 5.73 Å². The molecular weight excluding hydrogens is 348 g/mol. The Kier molecular flexibility index (Phi) is 7.64. The van der Waals surface area contributed by atoms with E-state index >= 15 is 0 Å². The number of rotatable bonds is 5. The number of aliphatic hydroxyl groups is 1. The van der Waals surface area contributed by atoms with Crippen LogP contribution in [0.1, 0.15) is 42.5 Å². The summed E-state index contributed by atoms with van der Waals surface area (Å²) in [5, 5.41) is 10.5. The average molecular weight is 375 g/mol. The van der Waals surface area contributed by atoms with Crippen LogP contribution in [0.4, 0.5) is 0 Å². The average Bonchev–Trinajstić information content (AvgIpc) is 2.69. The zero-order chi connectivity index (χ0) is 17.6. The summed E-state index contributed by atoms with van der Waals surface area (Å²) < 4.78 is 0. The quantitative estimate of drug-likeness (QED) is 0.842. The summed E-state index contributed by atoms with van der Waals surface area (Å²) in [5.74, 6) is 0.304. The summed E-state index contributed by atoms with van der Waals surface area (Å²) in [6.45, 7) is 1.38. The van der Waals surface area contributed by atoms with Crippen LogP contribution in [0.15, 0.2) is 60.7 Å². The van der Waals surface area contributed by atoms with Crippen molar-refractivity contribution >= 4 is 18.3 Å². The highest BCUT2D eigenvalue weighted by Gasteiger charge is 2.28. The number of nitrogens with zero attached hydrogens (tertiary/aromatic N) is 1. The fraction of sp³-hybridized carbons (Fsp3) is 0.381. The van der Waals surface area contributed by atoms with Crippen molar-refractivity contribution in [2.75, 3.05) is 13.1 Å². The highest BCUT2D eigenvalue weighted by molar-refractivity contribution is 5.85. The maximum Gasteiger partial charge on any atom is 0.224 e. The van der Waals surface area contributed by atoms with Gasteiger partial charge in [0.25, 0.3) is 0 Å². The number of likely N-dealkylation sites (tertiary alicyclic amines) is 1. The van der Waals surface area contributed by atoms with Crippen LogP contribution in [0.5, 0.6) is 0 Å². The van der Waals surface area contributed by atoms with Gasteiger partial charge in [-0.05, 0) is 29.9 Å². The summed E-state index contributed by atoms with van der Waals surface area (Å²) in [5.41, 5.74) is 8.11. The Bertz CT molecular complexity index is 673. The summed E-state index contributed by atoms with van der Waals surface area (Å²) in [7, 11) is 0. The van der Waals surface area contributed by atoms with Gasteiger partial charge in [0.2, 0.25) is 5.91 Å². The molecule has 5 heteroatoms. The molecule has 4 nitrogen and oxygen atoms in total. The second kappa shape index (κ2) is 9.72. The zero-order valence-electron chi connectivity index (χ0n) is 14.8. The molecule has 2 aromatic rings. The van der Waals surface area contributed by atoms with Gasteiger partial charge in [-0.3, -0.25) is 4.79 Å². The van der Waals surface area contributed by atoms with Crippen LogP contribution in [0.2, 0.25) is 0 Å². The van der Waals surface area contributed by atoms with Crippen LogP contribution in [-0.2, 0) is 4.79 Å². The molecule has 1 amide bonds. The molecule has 1 fully saturated rings. The molecule has 0 spiro atoms. The van der Waals surface area contributed by atoms with Crippen molar-refractivity contribution in [1.82, 2.24) is 4.90 Å². The molecule has 3 rings (SSSR count). The molecule has 140 valence electrons. The molecule has 26 heavy (non-hydrogen) atoms. The fourth-order valence-corrected chi connectivity index (χ4v) is 3.52. The molecule has 1 aliphatic rings. The number of nitrogens with two attached hydrogens (primary N) is 1. The van der Waals surface area contributed by atoms with Gasteiger partial charge in [-0.15, -0.1) is 12.4 Å². The first-order valence-electron chi connectivity index (χ1n) is 8.96. The normalized spacial score (nSPS) is 17.2. The molecule has 0 saturated carbocycles. The molecule has 1 aliphatic heterocycles. The largest absolute Gasteiger partial charge is 0.388 e. The topological polar surface area (TPSA) is 66.6 Å². The van der Waals surface area contributed by atoms with E-state index in [9.17, 15) is 9.90 Å². The van der Waals surface area contributed by atoms with E-state index in [1.54, 1.807) is 0 Å². The molecule has 2 unspecified atom stereocenters. The van der Waals surface area contributed by atoms with Gasteiger partial charge in [0.1, 0.15) is 0 Å². The fourth-order valence-electron chi connectivity index (χ4n) is 3.52. The van der Waals surface area contributed by atoms with Crippen LogP contribution >= 0.6 is 12.4 Å². The molecular formula is C21H27ClN2O2. The van der Waals surface area contributed by atoms with Crippen molar-refractivity contribution in [3.63, 3.8) is 0 Å². The lowest BCUT2D eigenvalue weighted by Gasteiger charge is -2.35. The maximum atomic E-state index is 12.5. The van der Waals surface area contributed by atoms with Crippen molar-refractivity contribution < 1.29 is 9.90 Å². The highest BCUT2D eigenvalue weighted by atomic mass is 35.5. The number of hydrogen-bond acceptors (Lipinski definition) is 3. The van der Waals surface area contributed by atoms with E-state index < -0.39 is 6.10 Å². The summed E-state index contributed by atoms with van der Waals surface area (Å²) in [6.07, 6.45) is 1.52. The van der Waals surface area contributed by atoms with Gasteiger partial charge in [0, 0.05) is 25.6 Å². The van der Waals surface area contributed by atoms with E-state index in [0.29, 0.717) is 19.5 Å². The van der Waals surface area contributed by atoms with Gasteiger partial charge < -0.3 is 15.7 Å². The predicted molar refractivity (Wildman–Crippen MR) is 106 cm³/mol. The number of piperidine rings is 1. The molecule has 0 aromatic heterocycles. The third-order valence-electron chi connectivity index (χ3n) is 5.10. The van der Waals surface area contributed by atoms with Crippen molar-refractivity contribution in [1.29, 1.82) is 0 Å². The lowest BCUT2D eigenvalue weighted by atomic mass is 9.87. The van der Waals surface area contributed by atoms with E-state index in [2.05, 4.69) is 0 Å². The van der Waals surface area contributed by atoms with Crippen LogP contribution in [0.3, 0.4) is 0 Å². The lowest BCUT2D eigenvalue weighted by molar-refractivity contribution is -0.133. The van der Waals surface area contributed by atoms with E-state index in [-0.39, 0.29) is 30.3 Å². The monoisotopic (exact) mass is 374 g/mol. The summed E-state index contributed by atoms with van der Waals surface area (Å²) in [4.78, 5) is 14.4. The van der Waals surface area contributed by atoms with Crippen molar-refractivity contribution in [2.24, 2.45) is 11.7 Å². The second-order valence-corrected chi connectivity index (χ2v) is 6.80. The van der Waals surface area contributed by atoms with Crippen molar-refractivity contribution in [3.8, 4) is 0 Å². The number of amides is 1. The van der Waals surface area contributed by atoms with Gasteiger partial charge in [0.15, 0.2) is 0 Å². The molecule has 1 heterocycles. The molecule has 3 N–H and O–H groups in total. The van der Waals surface area contributed by atoms with Crippen LogP contribution in [-0.4, -0.2) is 29.0 Å². The van der Waals surface area contributed by atoms with Crippen LogP contribution in [0, 0.1) is 5.92 Å². The molecule has 2 atom stereocenters. The first kappa shape index (κ1) is 20.4. The number of hydrogen-bond donors (Lipinski definition) is 2. The van der Waals surface area contributed by atoms with Crippen LogP contribution in [0.25, 0.3) is 0 Å². The van der Waals surface area contributed by atoms with Crippen molar-refractivity contribution in [3.05, 3.63) is 71.8 Å². The van der Waals surface area contributed by atoms with Gasteiger partial charge >= 0.3 is 0 Å². The van der Waals surface area contributed by atoms with E-state index in [0.717, 1.165) is 24.0 Å². The molecule has 0 aliphatic carbocycles. The summed E-state index contributed by atoms with van der Waals surface area (Å²) in [6, 6.07) is 19.2. The first-order chi connectivity index (χ1) is 12.1. The van der Waals surface area contributed by atoms with Gasteiger partial charge in [-0.2, -0.15) is 0 Å². The minimum Gasteiger partial charge on any atom is -0.388 e. The summed E-state index contributed by atoms with van der Waals surface area (Å²) >= 11 is 0. The molecule has 1 saturated heterocycles. The lowest BCUT2D eigenvalue weighted by Crippen LogP contribution is -2.40. The van der Waals surface area contributed by atoms with Crippen LogP contribution < -0.4 is 5.73 Å². The Morgan fingerprint density at radius 3 is 2.04 bits per heavy atom. The SMILES string of the molecule is Cl.NC(CC(=O)N1CCC(C(O)c2ccccc2)CC1)c1ccccc1. The Morgan fingerprint density at radius 2 is 1.50 bits per heavy atom. The number of halogens is 1. The first-order valence-corrected chi connectivity index (χ1v) is 8.96. The number of carbonyl (C=O) groups excluding carboxylic acids is 1. The third kappa shape index (κ3) is 5.07. The molecule has 0 radical (unpaired) electrons. The second-order valence-electron chi connectivity index (χ2n) is 6.80. The van der Waals surface area contributed by atoms with Crippen molar-refractivity contribution in [2.45, 2.75) is 31.4 Å². The van der Waals surface area contributed by atoms with E-state index in [1.807, 2.05) is 65.6 Å². The molecule has 0 bridgehead atoms. The molecule has 2 aromatic carbocycles. The minimum atomic E-state index is -0.454. The minimum absolute atomic E-state index is 0. The van der Waals surface area contributed by atoms with Gasteiger partial charge in [-0.1, -0.05) is 60.7 Å². The number of benzene rings is 2. The van der Waals surface area contributed by atoms with Gasteiger partial charge in [0.05, 0.1) is 6.10 Å². The van der Waals surface area contributed by atoms with E-state index in [1.165, 1.54) is 0 Å². The predicted octanol–water partition coefficient (Wildman–Crippen LogP) is 3.47. The Labute approximate surface area is 161 Å². The number of carbonyl (C=O) groups is 1. The maximum absolute atomic E-state index is 12.5. The Balaban J connectivity index is 0.00000243. The smallest absolute Gasteiger partial charge is 0.224 e. The Hall–Kier alpha value is -1.88. The van der Waals surface area contributed by atoms with Gasteiger partial charge in [-0.25, -0.2) is 0 Å². The highest BCUT2D eigenvalue weighted by Crippen LogP contribution is 2.31. The Morgan fingerprint density at radius 1 is 1.00 bits per heavy atom. The standard InChI is InChI=1S/C21H26N2O2.ClH/c22-19(16-7-3-1-4-8-16)15-20(24)23-13-11-18(12-14-23)21(25)17-9-5-2-6-10-17;/h1-10,18-19,21,25H,11-15,22H2;1H. The third-order valence-corrected chi connectivity index (χ3v) is 5.10.